The number of rotatable bonds is 7. The molecule has 1 N–H and O–H groups in total. The molecular weight excluding hydrogens is 366 g/mol. The number of ether oxygens (including phenoxy) is 2. The molecule has 2 aromatic carbocycles. The first-order chi connectivity index (χ1) is 13.5. The van der Waals surface area contributed by atoms with Crippen LogP contribution in [0.5, 0.6) is 11.5 Å². The van der Waals surface area contributed by atoms with Gasteiger partial charge in [-0.25, -0.2) is 0 Å². The summed E-state index contributed by atoms with van der Waals surface area (Å²) in [4.78, 5) is 14.9. The number of hydrogen-bond donors (Lipinski definition) is 1. The summed E-state index contributed by atoms with van der Waals surface area (Å²) < 4.78 is 35.1. The Balaban J connectivity index is 1.64. The minimum Gasteiger partial charge on any atom is -0.493 e. The van der Waals surface area contributed by atoms with Gasteiger partial charge in [0.05, 0.1) is 12.7 Å². The maximum absolute atomic E-state index is 12.7. The van der Waals surface area contributed by atoms with Crippen molar-refractivity contribution < 1.29 is 23.0 Å². The van der Waals surface area contributed by atoms with Gasteiger partial charge in [-0.05, 0) is 36.6 Å². The third-order valence-electron chi connectivity index (χ3n) is 4.99. The lowest BCUT2D eigenvalue weighted by Gasteiger charge is -2.33. The highest BCUT2D eigenvalue weighted by Gasteiger charge is 2.23. The van der Waals surface area contributed by atoms with E-state index >= 15 is 0 Å². The average Bonchev–Trinajstić information content (AvgIpc) is 2.71. The molecule has 1 heterocycles. The van der Waals surface area contributed by atoms with E-state index in [0.717, 1.165) is 19.5 Å². The van der Waals surface area contributed by atoms with E-state index < -0.39 is 12.5 Å². The Morgan fingerprint density at radius 1 is 1.18 bits per heavy atom. The standard InChI is InChI=1S/C21H24F2N2O3/c1-14(25-11-10-15-6-3-4-7-16(15)13-25)12-24-20(26)17-8-5-9-18(27-2)19(17)28-21(22)23/h3-9,14,21H,10-13H2,1-2H3,(H,24,26). The molecule has 0 radical (unpaired) electrons. The number of benzene rings is 2. The van der Waals surface area contributed by atoms with E-state index in [1.165, 1.54) is 30.4 Å². The Morgan fingerprint density at radius 3 is 2.64 bits per heavy atom. The second kappa shape index (κ2) is 9.01. The molecule has 0 fully saturated rings. The summed E-state index contributed by atoms with van der Waals surface area (Å²) in [5.41, 5.74) is 2.68. The number of fused-ring (bicyclic) bond motifs is 1. The van der Waals surface area contributed by atoms with Gasteiger partial charge in [-0.2, -0.15) is 8.78 Å². The molecule has 1 amide bonds. The van der Waals surface area contributed by atoms with Crippen LogP contribution in [0.3, 0.4) is 0 Å². The van der Waals surface area contributed by atoms with E-state index in [1.54, 1.807) is 6.07 Å². The zero-order valence-electron chi connectivity index (χ0n) is 16.0. The molecule has 0 saturated heterocycles. The molecule has 150 valence electrons. The number of para-hydroxylation sites is 1. The lowest BCUT2D eigenvalue weighted by Crippen LogP contribution is -2.44. The van der Waals surface area contributed by atoms with Crippen LogP contribution in [-0.4, -0.2) is 43.7 Å². The smallest absolute Gasteiger partial charge is 0.387 e. The van der Waals surface area contributed by atoms with Gasteiger partial charge in [0, 0.05) is 25.7 Å². The van der Waals surface area contributed by atoms with Gasteiger partial charge < -0.3 is 14.8 Å². The lowest BCUT2D eigenvalue weighted by molar-refractivity contribution is -0.0515. The number of methoxy groups -OCH3 is 1. The quantitative estimate of drug-likeness (QED) is 0.787. The molecule has 1 atom stereocenters. The first-order valence-corrected chi connectivity index (χ1v) is 9.20. The monoisotopic (exact) mass is 390 g/mol. The third kappa shape index (κ3) is 4.59. The predicted molar refractivity (Wildman–Crippen MR) is 102 cm³/mol. The van der Waals surface area contributed by atoms with Crippen molar-refractivity contribution in [2.75, 3.05) is 20.2 Å². The van der Waals surface area contributed by atoms with Crippen LogP contribution in [0.2, 0.25) is 0 Å². The molecule has 1 aliphatic rings. The number of alkyl halides is 2. The molecule has 0 saturated carbocycles. The van der Waals surface area contributed by atoms with Gasteiger partial charge in [0.15, 0.2) is 11.5 Å². The fraction of sp³-hybridized carbons (Fsp3) is 0.381. The van der Waals surface area contributed by atoms with E-state index in [0.29, 0.717) is 6.54 Å². The molecule has 0 spiro atoms. The summed E-state index contributed by atoms with van der Waals surface area (Å²) >= 11 is 0. The first kappa shape index (κ1) is 20.1. The zero-order chi connectivity index (χ0) is 20.1. The number of nitrogens with zero attached hydrogens (tertiary/aromatic N) is 1. The van der Waals surface area contributed by atoms with Gasteiger partial charge in [0.1, 0.15) is 0 Å². The van der Waals surface area contributed by atoms with Crippen LogP contribution in [0.15, 0.2) is 42.5 Å². The molecule has 1 aliphatic heterocycles. The average molecular weight is 390 g/mol. The Labute approximate surface area is 163 Å². The second-order valence-electron chi connectivity index (χ2n) is 6.76. The van der Waals surface area contributed by atoms with Crippen molar-refractivity contribution >= 4 is 5.91 Å². The maximum atomic E-state index is 12.7. The molecule has 5 nitrogen and oxygen atoms in total. The number of amides is 1. The molecule has 2 aromatic rings. The van der Waals surface area contributed by atoms with Gasteiger partial charge >= 0.3 is 6.61 Å². The maximum Gasteiger partial charge on any atom is 0.387 e. The second-order valence-corrected chi connectivity index (χ2v) is 6.76. The number of carbonyl (C=O) groups is 1. The van der Waals surface area contributed by atoms with Crippen LogP contribution in [0.1, 0.15) is 28.4 Å². The van der Waals surface area contributed by atoms with Crippen molar-refractivity contribution in [1.29, 1.82) is 0 Å². The van der Waals surface area contributed by atoms with Crippen LogP contribution in [0, 0.1) is 0 Å². The van der Waals surface area contributed by atoms with Crippen LogP contribution >= 0.6 is 0 Å². The van der Waals surface area contributed by atoms with Crippen LogP contribution in [-0.2, 0) is 13.0 Å². The highest BCUT2D eigenvalue weighted by atomic mass is 19.3. The molecule has 0 aromatic heterocycles. The Morgan fingerprint density at radius 2 is 1.93 bits per heavy atom. The van der Waals surface area contributed by atoms with Crippen molar-refractivity contribution in [3.8, 4) is 11.5 Å². The summed E-state index contributed by atoms with van der Waals surface area (Å²) in [6.07, 6.45) is 0.969. The highest BCUT2D eigenvalue weighted by Crippen LogP contribution is 2.32. The van der Waals surface area contributed by atoms with E-state index in [9.17, 15) is 13.6 Å². The fourth-order valence-corrected chi connectivity index (χ4v) is 3.42. The molecule has 3 rings (SSSR count). The fourth-order valence-electron chi connectivity index (χ4n) is 3.42. The Bertz CT molecular complexity index is 829. The largest absolute Gasteiger partial charge is 0.493 e. The summed E-state index contributed by atoms with van der Waals surface area (Å²) in [5.74, 6) is -0.635. The molecule has 0 bridgehead atoms. The Hall–Kier alpha value is -2.67. The number of halogens is 2. The minimum absolute atomic E-state index is 0.0239. The minimum atomic E-state index is -3.05. The van der Waals surface area contributed by atoms with Gasteiger partial charge in [0.2, 0.25) is 0 Å². The molecule has 1 unspecified atom stereocenters. The van der Waals surface area contributed by atoms with Crippen LogP contribution in [0.25, 0.3) is 0 Å². The zero-order valence-corrected chi connectivity index (χ0v) is 16.0. The normalized spacial score (nSPS) is 15.0. The Kier molecular flexibility index (Phi) is 6.46. The van der Waals surface area contributed by atoms with Crippen molar-refractivity contribution in [3.05, 3.63) is 59.2 Å². The summed E-state index contributed by atoms with van der Waals surface area (Å²) in [6, 6.07) is 12.9. The molecule has 28 heavy (non-hydrogen) atoms. The van der Waals surface area contributed by atoms with Crippen LogP contribution < -0.4 is 14.8 Å². The van der Waals surface area contributed by atoms with E-state index in [-0.39, 0.29) is 23.1 Å². The van der Waals surface area contributed by atoms with Crippen molar-refractivity contribution in [1.82, 2.24) is 10.2 Å². The van der Waals surface area contributed by atoms with E-state index in [2.05, 4.69) is 27.1 Å². The summed E-state index contributed by atoms with van der Waals surface area (Å²) in [6.45, 7) is 1.12. The first-order valence-electron chi connectivity index (χ1n) is 9.20. The van der Waals surface area contributed by atoms with E-state index in [4.69, 9.17) is 4.74 Å². The number of hydrogen-bond acceptors (Lipinski definition) is 4. The van der Waals surface area contributed by atoms with Gasteiger partial charge in [-0.15, -0.1) is 0 Å². The lowest BCUT2D eigenvalue weighted by atomic mass is 9.99. The van der Waals surface area contributed by atoms with Gasteiger partial charge in [-0.3, -0.25) is 9.69 Å². The summed E-state index contributed by atoms with van der Waals surface area (Å²) in [7, 11) is 1.34. The van der Waals surface area contributed by atoms with E-state index in [1.807, 2.05) is 19.1 Å². The summed E-state index contributed by atoms with van der Waals surface area (Å²) in [5, 5.41) is 2.82. The number of carbonyl (C=O) groups excluding carboxylic acids is 1. The van der Waals surface area contributed by atoms with Crippen molar-refractivity contribution in [2.45, 2.75) is 32.5 Å². The third-order valence-corrected chi connectivity index (χ3v) is 4.99. The topological polar surface area (TPSA) is 50.8 Å². The van der Waals surface area contributed by atoms with Gasteiger partial charge in [0.25, 0.3) is 5.91 Å². The van der Waals surface area contributed by atoms with Crippen molar-refractivity contribution in [2.24, 2.45) is 0 Å². The van der Waals surface area contributed by atoms with Crippen molar-refractivity contribution in [3.63, 3.8) is 0 Å². The molecular formula is C21H24F2N2O3. The molecule has 7 heteroatoms. The highest BCUT2D eigenvalue weighted by molar-refractivity contribution is 5.97. The SMILES string of the molecule is COc1cccc(C(=O)NCC(C)N2CCc3ccccc3C2)c1OC(F)F. The van der Waals surface area contributed by atoms with Gasteiger partial charge in [-0.1, -0.05) is 30.3 Å². The predicted octanol–water partition coefficient (Wildman–Crippen LogP) is 3.47. The number of nitrogens with one attached hydrogen (secondary N) is 1. The van der Waals surface area contributed by atoms with Crippen LogP contribution in [0.4, 0.5) is 8.78 Å². The molecule has 0 aliphatic carbocycles.